The molecule has 0 aromatic heterocycles. The Kier molecular flexibility index (Phi) is 8.00. The van der Waals surface area contributed by atoms with E-state index in [1.807, 2.05) is 0 Å². The number of nitrogens with zero attached hydrogens (tertiary/aromatic N) is 2. The lowest BCUT2D eigenvalue weighted by molar-refractivity contribution is 0.0922. The molecule has 24 heavy (non-hydrogen) atoms. The van der Waals surface area contributed by atoms with Crippen molar-refractivity contribution >= 4 is 23.0 Å². The third-order valence-corrected chi connectivity index (χ3v) is 4.61. The number of thiocarbonyl (C=S) groups is 1. The quantitative estimate of drug-likeness (QED) is 0.718. The molecule has 4 nitrogen and oxygen atoms in total. The van der Waals surface area contributed by atoms with Crippen LogP contribution in [0.25, 0.3) is 0 Å². The van der Waals surface area contributed by atoms with Gasteiger partial charge in [-0.1, -0.05) is 25.5 Å². The van der Waals surface area contributed by atoms with Gasteiger partial charge in [-0.05, 0) is 55.6 Å². The molecule has 5 heteroatoms. The molecule has 0 radical (unpaired) electrons. The fourth-order valence-electron chi connectivity index (χ4n) is 2.83. The second-order valence-corrected chi connectivity index (χ2v) is 6.61. The van der Waals surface area contributed by atoms with Gasteiger partial charge in [-0.3, -0.25) is 0 Å². The van der Waals surface area contributed by atoms with E-state index in [4.69, 9.17) is 22.2 Å². The monoisotopic (exact) mass is 345 g/mol. The maximum atomic E-state index is 8.88. The number of ether oxygens (including phenoxy) is 1. The van der Waals surface area contributed by atoms with Crippen molar-refractivity contribution in [3.8, 4) is 6.07 Å². The average molecular weight is 346 g/mol. The summed E-state index contributed by atoms with van der Waals surface area (Å²) in [6, 6.07) is 10.7. The molecule has 1 aliphatic heterocycles. The zero-order chi connectivity index (χ0) is 17.2. The van der Waals surface area contributed by atoms with Crippen LogP contribution < -0.4 is 5.32 Å². The van der Waals surface area contributed by atoms with Gasteiger partial charge in [0.25, 0.3) is 0 Å². The molecule has 2 rings (SSSR count). The lowest BCUT2D eigenvalue weighted by atomic mass is 10.1. The van der Waals surface area contributed by atoms with Crippen molar-refractivity contribution in [3.05, 3.63) is 29.8 Å². The Morgan fingerprint density at radius 2 is 2.21 bits per heavy atom. The SMILES string of the molecule is CCCCc1ccc(NC(=S)N(CCC#N)CC2CCCO2)cc1. The molecule has 1 heterocycles. The van der Waals surface area contributed by atoms with Gasteiger partial charge in [0.15, 0.2) is 5.11 Å². The molecule has 0 saturated carbocycles. The van der Waals surface area contributed by atoms with Crippen molar-refractivity contribution in [2.75, 3.05) is 25.0 Å². The highest BCUT2D eigenvalue weighted by molar-refractivity contribution is 7.80. The van der Waals surface area contributed by atoms with E-state index in [0.29, 0.717) is 18.1 Å². The molecule has 1 saturated heterocycles. The van der Waals surface area contributed by atoms with Crippen LogP contribution in [-0.2, 0) is 11.2 Å². The Labute approximate surface area is 150 Å². The van der Waals surface area contributed by atoms with E-state index in [2.05, 4.69) is 47.5 Å². The standard InChI is InChI=1S/C19H27N3OS/c1-2-3-6-16-8-10-17(11-9-16)21-19(24)22(13-5-12-20)15-18-7-4-14-23-18/h8-11,18H,2-7,13-15H2,1H3,(H,21,24). The van der Waals surface area contributed by atoms with Crippen LogP contribution in [-0.4, -0.2) is 35.8 Å². The number of unbranched alkanes of at least 4 members (excludes halogenated alkanes) is 1. The minimum atomic E-state index is 0.222. The van der Waals surface area contributed by atoms with Crippen molar-refractivity contribution in [3.63, 3.8) is 0 Å². The van der Waals surface area contributed by atoms with E-state index in [1.54, 1.807) is 0 Å². The smallest absolute Gasteiger partial charge is 0.173 e. The third-order valence-electron chi connectivity index (χ3n) is 4.25. The minimum absolute atomic E-state index is 0.222. The third kappa shape index (κ3) is 6.10. The molecular weight excluding hydrogens is 318 g/mol. The number of rotatable bonds is 8. The molecule has 130 valence electrons. The maximum Gasteiger partial charge on any atom is 0.173 e. The molecule has 0 bridgehead atoms. The predicted octanol–water partition coefficient (Wildman–Crippen LogP) is 4.12. The topological polar surface area (TPSA) is 48.3 Å². The van der Waals surface area contributed by atoms with E-state index in [1.165, 1.54) is 18.4 Å². The molecule has 1 N–H and O–H groups in total. The minimum Gasteiger partial charge on any atom is -0.376 e. The number of aryl methyl sites for hydroxylation is 1. The highest BCUT2D eigenvalue weighted by Gasteiger charge is 2.20. The molecule has 0 aliphatic carbocycles. The summed E-state index contributed by atoms with van der Waals surface area (Å²) >= 11 is 5.56. The first-order chi connectivity index (χ1) is 11.7. The van der Waals surface area contributed by atoms with Crippen LogP contribution in [0.3, 0.4) is 0 Å². The Morgan fingerprint density at radius 1 is 1.42 bits per heavy atom. The van der Waals surface area contributed by atoms with Crippen LogP contribution in [0.1, 0.15) is 44.6 Å². The van der Waals surface area contributed by atoms with Crippen LogP contribution in [0.5, 0.6) is 0 Å². The number of benzene rings is 1. The summed E-state index contributed by atoms with van der Waals surface area (Å²) in [5, 5.41) is 12.8. The van der Waals surface area contributed by atoms with Crippen LogP contribution >= 0.6 is 12.2 Å². The fourth-order valence-corrected chi connectivity index (χ4v) is 3.12. The predicted molar refractivity (Wildman–Crippen MR) is 102 cm³/mol. The van der Waals surface area contributed by atoms with Gasteiger partial charge >= 0.3 is 0 Å². The molecule has 1 aliphatic rings. The summed E-state index contributed by atoms with van der Waals surface area (Å²) in [5.74, 6) is 0. The molecule has 0 amide bonds. The second-order valence-electron chi connectivity index (χ2n) is 6.22. The number of hydrogen-bond donors (Lipinski definition) is 1. The summed E-state index contributed by atoms with van der Waals surface area (Å²) < 4.78 is 5.71. The maximum absolute atomic E-state index is 8.88. The molecule has 1 aromatic rings. The molecule has 1 fully saturated rings. The summed E-state index contributed by atoms with van der Waals surface area (Å²) in [7, 11) is 0. The Hall–Kier alpha value is -1.64. The molecule has 1 unspecified atom stereocenters. The van der Waals surface area contributed by atoms with E-state index < -0.39 is 0 Å². The fraction of sp³-hybridized carbons (Fsp3) is 0.579. The van der Waals surface area contributed by atoms with Crippen molar-refractivity contribution in [2.45, 2.75) is 51.6 Å². The van der Waals surface area contributed by atoms with Gasteiger partial charge in [-0.2, -0.15) is 5.26 Å². The number of nitrogens with one attached hydrogen (secondary N) is 1. The van der Waals surface area contributed by atoms with Gasteiger partial charge in [0.05, 0.1) is 18.6 Å². The first kappa shape index (κ1) is 18.7. The van der Waals surface area contributed by atoms with Gasteiger partial charge in [-0.15, -0.1) is 0 Å². The van der Waals surface area contributed by atoms with E-state index in [0.717, 1.165) is 38.1 Å². The summed E-state index contributed by atoms with van der Waals surface area (Å²) in [5.41, 5.74) is 2.35. The summed E-state index contributed by atoms with van der Waals surface area (Å²) in [6.45, 7) is 4.42. The zero-order valence-electron chi connectivity index (χ0n) is 14.5. The van der Waals surface area contributed by atoms with Crippen LogP contribution in [0.4, 0.5) is 5.69 Å². The number of nitriles is 1. The molecule has 1 aromatic carbocycles. The second kappa shape index (κ2) is 10.3. The van der Waals surface area contributed by atoms with Crippen molar-refractivity contribution < 1.29 is 4.74 Å². The van der Waals surface area contributed by atoms with E-state index in [9.17, 15) is 0 Å². The van der Waals surface area contributed by atoms with Gasteiger partial charge < -0.3 is 15.0 Å². The van der Waals surface area contributed by atoms with Crippen molar-refractivity contribution in [2.24, 2.45) is 0 Å². The first-order valence-corrected chi connectivity index (χ1v) is 9.27. The highest BCUT2D eigenvalue weighted by Crippen LogP contribution is 2.16. The Bertz CT molecular complexity index is 547. The first-order valence-electron chi connectivity index (χ1n) is 8.86. The normalized spacial score (nSPS) is 16.6. The lowest BCUT2D eigenvalue weighted by Gasteiger charge is -2.27. The largest absolute Gasteiger partial charge is 0.376 e. The highest BCUT2D eigenvalue weighted by atomic mass is 32.1. The summed E-state index contributed by atoms with van der Waals surface area (Å²) in [6.07, 6.45) is 6.41. The molecule has 1 atom stereocenters. The lowest BCUT2D eigenvalue weighted by Crippen LogP contribution is -2.40. The van der Waals surface area contributed by atoms with Crippen molar-refractivity contribution in [1.29, 1.82) is 5.26 Å². The van der Waals surface area contributed by atoms with Gasteiger partial charge in [0.1, 0.15) is 0 Å². The van der Waals surface area contributed by atoms with Crippen LogP contribution in [0, 0.1) is 11.3 Å². The van der Waals surface area contributed by atoms with E-state index >= 15 is 0 Å². The molecule has 0 spiro atoms. The van der Waals surface area contributed by atoms with Gasteiger partial charge in [0.2, 0.25) is 0 Å². The Morgan fingerprint density at radius 3 is 2.83 bits per heavy atom. The van der Waals surface area contributed by atoms with Crippen molar-refractivity contribution in [1.82, 2.24) is 4.90 Å². The van der Waals surface area contributed by atoms with Crippen LogP contribution in [0.2, 0.25) is 0 Å². The molecular formula is C19H27N3OS. The zero-order valence-corrected chi connectivity index (χ0v) is 15.3. The number of anilines is 1. The average Bonchev–Trinajstić information content (AvgIpc) is 3.11. The Balaban J connectivity index is 1.91. The van der Waals surface area contributed by atoms with Crippen LogP contribution in [0.15, 0.2) is 24.3 Å². The number of hydrogen-bond acceptors (Lipinski definition) is 3. The summed E-state index contributed by atoms with van der Waals surface area (Å²) in [4.78, 5) is 2.06. The van der Waals surface area contributed by atoms with E-state index in [-0.39, 0.29) is 6.10 Å². The van der Waals surface area contributed by atoms with Gasteiger partial charge in [-0.25, -0.2) is 0 Å². The van der Waals surface area contributed by atoms with Gasteiger partial charge in [0, 0.05) is 25.4 Å².